The quantitative estimate of drug-likeness (QED) is 0.575. The minimum absolute atomic E-state index is 0.0267. The van der Waals surface area contributed by atoms with E-state index in [-0.39, 0.29) is 42.1 Å². The van der Waals surface area contributed by atoms with Crippen LogP contribution in [-0.4, -0.2) is 67.2 Å². The highest BCUT2D eigenvalue weighted by Crippen LogP contribution is 2.33. The number of carbonyl (C=O) groups excluding carboxylic acids is 3. The van der Waals surface area contributed by atoms with E-state index in [4.69, 9.17) is 9.47 Å². The number of nitrogens with zero attached hydrogens (tertiary/aromatic N) is 1. The molecule has 0 bridgehead atoms. The van der Waals surface area contributed by atoms with Crippen molar-refractivity contribution in [2.75, 3.05) is 25.5 Å². The molecule has 9 heteroatoms. The van der Waals surface area contributed by atoms with Crippen molar-refractivity contribution in [2.24, 2.45) is 5.92 Å². The summed E-state index contributed by atoms with van der Waals surface area (Å²) in [7, 11) is 1.79. The largest absolute Gasteiger partial charge is 0.490 e. The Morgan fingerprint density at radius 2 is 1.89 bits per heavy atom. The van der Waals surface area contributed by atoms with Crippen molar-refractivity contribution in [3.63, 3.8) is 0 Å². The first-order chi connectivity index (χ1) is 17.0. The molecule has 1 aromatic carbocycles. The molecule has 4 aliphatic rings. The van der Waals surface area contributed by atoms with Crippen LogP contribution < -0.4 is 20.7 Å². The van der Waals surface area contributed by atoms with Gasteiger partial charge >= 0.3 is 6.03 Å². The van der Waals surface area contributed by atoms with E-state index in [0.717, 1.165) is 38.6 Å². The van der Waals surface area contributed by atoms with E-state index >= 15 is 0 Å². The molecule has 9 nitrogen and oxygen atoms in total. The molecular formula is C26H36N4O5. The Hall–Kier alpha value is -2.81. The first-order valence-electron chi connectivity index (χ1n) is 13.0. The fourth-order valence-corrected chi connectivity index (χ4v) is 5.39. The maximum absolute atomic E-state index is 13.4. The number of likely N-dealkylation sites (N-methyl/N-ethyl adjacent to an activating group) is 1. The van der Waals surface area contributed by atoms with Gasteiger partial charge in [-0.15, -0.1) is 0 Å². The molecule has 0 aromatic heterocycles. The van der Waals surface area contributed by atoms with Crippen LogP contribution in [0, 0.1) is 5.92 Å². The van der Waals surface area contributed by atoms with E-state index in [0.29, 0.717) is 42.4 Å². The van der Waals surface area contributed by atoms with E-state index in [9.17, 15) is 14.4 Å². The fraction of sp³-hybridized carbons (Fsp3) is 0.654. The van der Waals surface area contributed by atoms with E-state index in [1.807, 2.05) is 0 Å². The lowest BCUT2D eigenvalue weighted by atomic mass is 9.94. The lowest BCUT2D eigenvalue weighted by molar-refractivity contribution is -0.134. The molecule has 0 spiro atoms. The van der Waals surface area contributed by atoms with E-state index in [1.54, 1.807) is 30.1 Å². The molecule has 3 atom stereocenters. The lowest BCUT2D eigenvalue weighted by Gasteiger charge is -2.42. The van der Waals surface area contributed by atoms with Crippen molar-refractivity contribution < 1.29 is 23.9 Å². The monoisotopic (exact) mass is 484 g/mol. The van der Waals surface area contributed by atoms with Crippen molar-refractivity contribution in [1.29, 1.82) is 0 Å². The standard InChI is InChI=1S/C26H36N4O5/c1-30-21-10-9-19(13-24(31)27-14-16-6-7-16)35-23(21)15-34-22-11-8-18(12-20(22)25(30)32)29-26(33)28-17-4-2-3-5-17/h8,11-12,16-17,19,21,23H,2-7,9-10,13-15H2,1H3,(H,27,31)(H2,28,29,33)/t19-,21-,23+/m1/s1. The van der Waals surface area contributed by atoms with Crippen molar-refractivity contribution >= 4 is 23.5 Å². The van der Waals surface area contributed by atoms with Gasteiger partial charge in [0, 0.05) is 25.3 Å². The van der Waals surface area contributed by atoms with Gasteiger partial charge in [0.15, 0.2) is 0 Å². The first kappa shape index (κ1) is 23.9. The number of amides is 4. The molecule has 5 rings (SSSR count). The fourth-order valence-electron chi connectivity index (χ4n) is 5.39. The molecule has 190 valence electrons. The van der Waals surface area contributed by atoms with Crippen LogP contribution in [0.15, 0.2) is 18.2 Å². The van der Waals surface area contributed by atoms with Gasteiger partial charge in [-0.2, -0.15) is 0 Å². The Balaban J connectivity index is 1.21. The minimum Gasteiger partial charge on any atom is -0.490 e. The second-order valence-corrected chi connectivity index (χ2v) is 10.4. The molecule has 0 unspecified atom stereocenters. The zero-order valence-corrected chi connectivity index (χ0v) is 20.4. The number of rotatable bonds is 6. The summed E-state index contributed by atoms with van der Waals surface area (Å²) >= 11 is 0. The first-order valence-corrected chi connectivity index (χ1v) is 13.0. The zero-order valence-electron chi connectivity index (χ0n) is 20.4. The number of hydrogen-bond acceptors (Lipinski definition) is 5. The van der Waals surface area contributed by atoms with Crippen LogP contribution in [0.4, 0.5) is 10.5 Å². The maximum Gasteiger partial charge on any atom is 0.319 e. The van der Waals surface area contributed by atoms with Gasteiger partial charge in [0.1, 0.15) is 18.5 Å². The molecule has 3 fully saturated rings. The van der Waals surface area contributed by atoms with Gasteiger partial charge in [-0.1, -0.05) is 12.8 Å². The average molecular weight is 485 g/mol. The molecule has 2 aliphatic carbocycles. The zero-order chi connectivity index (χ0) is 24.4. The van der Waals surface area contributed by atoms with Crippen LogP contribution >= 0.6 is 0 Å². The van der Waals surface area contributed by atoms with Gasteiger partial charge in [-0.05, 0) is 62.6 Å². The molecule has 2 aliphatic heterocycles. The number of nitrogens with one attached hydrogen (secondary N) is 3. The van der Waals surface area contributed by atoms with Gasteiger partial charge in [0.05, 0.1) is 24.1 Å². The number of benzene rings is 1. The van der Waals surface area contributed by atoms with Crippen LogP contribution in [0.1, 0.15) is 68.1 Å². The average Bonchev–Trinajstić information content (AvgIpc) is 3.54. The minimum atomic E-state index is -0.304. The van der Waals surface area contributed by atoms with Gasteiger partial charge in [0.2, 0.25) is 5.91 Å². The summed E-state index contributed by atoms with van der Waals surface area (Å²) in [6.07, 6.45) is 8.01. The molecular weight excluding hydrogens is 448 g/mol. The van der Waals surface area contributed by atoms with Gasteiger partial charge < -0.3 is 30.3 Å². The van der Waals surface area contributed by atoms with Gasteiger partial charge in [-0.3, -0.25) is 9.59 Å². The summed E-state index contributed by atoms with van der Waals surface area (Å²) in [6.45, 7) is 1.05. The third kappa shape index (κ3) is 5.89. The Morgan fingerprint density at radius 1 is 1.09 bits per heavy atom. The predicted octanol–water partition coefficient (Wildman–Crippen LogP) is 3.05. The molecule has 35 heavy (non-hydrogen) atoms. The van der Waals surface area contributed by atoms with Crippen LogP contribution in [0.5, 0.6) is 5.75 Å². The molecule has 1 aromatic rings. The summed E-state index contributed by atoms with van der Waals surface area (Å²) in [5.41, 5.74) is 0.977. The molecule has 2 saturated carbocycles. The number of ether oxygens (including phenoxy) is 2. The normalized spacial score (nSPS) is 26.6. The number of anilines is 1. The Morgan fingerprint density at radius 3 is 2.66 bits per heavy atom. The van der Waals surface area contributed by atoms with Crippen molar-refractivity contribution in [1.82, 2.24) is 15.5 Å². The van der Waals surface area contributed by atoms with Crippen LogP contribution in [0.3, 0.4) is 0 Å². The summed E-state index contributed by atoms with van der Waals surface area (Å²) in [5.74, 6) is 0.972. The molecule has 0 radical (unpaired) electrons. The summed E-state index contributed by atoms with van der Waals surface area (Å²) in [5, 5.41) is 8.86. The number of carbonyl (C=O) groups is 3. The molecule has 2 heterocycles. The highest BCUT2D eigenvalue weighted by atomic mass is 16.5. The Kier molecular flexibility index (Phi) is 7.13. The summed E-state index contributed by atoms with van der Waals surface area (Å²) in [6, 6.07) is 4.97. The van der Waals surface area contributed by atoms with Crippen LogP contribution in [0.2, 0.25) is 0 Å². The molecule has 3 N–H and O–H groups in total. The van der Waals surface area contributed by atoms with E-state index in [1.165, 1.54) is 12.8 Å². The van der Waals surface area contributed by atoms with Crippen molar-refractivity contribution in [3.8, 4) is 5.75 Å². The Bertz CT molecular complexity index is 959. The number of urea groups is 1. The van der Waals surface area contributed by atoms with Gasteiger partial charge in [0.25, 0.3) is 5.91 Å². The van der Waals surface area contributed by atoms with Crippen molar-refractivity contribution in [2.45, 2.75) is 82.1 Å². The smallest absolute Gasteiger partial charge is 0.319 e. The number of hydrogen-bond donors (Lipinski definition) is 3. The Labute approximate surface area is 206 Å². The second kappa shape index (κ2) is 10.4. The highest BCUT2D eigenvalue weighted by molar-refractivity contribution is 5.99. The second-order valence-electron chi connectivity index (χ2n) is 10.4. The van der Waals surface area contributed by atoms with Crippen molar-refractivity contribution in [3.05, 3.63) is 23.8 Å². The van der Waals surface area contributed by atoms with Crippen LogP contribution in [0.25, 0.3) is 0 Å². The predicted molar refractivity (Wildman–Crippen MR) is 130 cm³/mol. The van der Waals surface area contributed by atoms with Gasteiger partial charge in [-0.25, -0.2) is 4.79 Å². The summed E-state index contributed by atoms with van der Waals surface area (Å²) in [4.78, 5) is 39.8. The third-order valence-corrected chi connectivity index (χ3v) is 7.66. The van der Waals surface area contributed by atoms with E-state index in [2.05, 4.69) is 16.0 Å². The maximum atomic E-state index is 13.4. The SMILES string of the molecule is CN1C(=O)c2cc(NC(=O)NC3CCCC3)ccc2OC[C@@H]2O[C@@H](CC(=O)NCC3CC3)CC[C@H]21. The molecule has 4 amide bonds. The number of fused-ring (bicyclic) bond motifs is 2. The topological polar surface area (TPSA) is 109 Å². The highest BCUT2D eigenvalue weighted by Gasteiger charge is 2.39. The lowest BCUT2D eigenvalue weighted by Crippen LogP contribution is -2.54. The summed E-state index contributed by atoms with van der Waals surface area (Å²) < 4.78 is 12.3. The third-order valence-electron chi connectivity index (χ3n) is 7.66. The van der Waals surface area contributed by atoms with E-state index < -0.39 is 0 Å². The van der Waals surface area contributed by atoms with Crippen LogP contribution in [-0.2, 0) is 9.53 Å². The molecule has 1 saturated heterocycles.